The summed E-state index contributed by atoms with van der Waals surface area (Å²) in [6.45, 7) is 7.15. The lowest BCUT2D eigenvalue weighted by Crippen LogP contribution is -1.93. The summed E-state index contributed by atoms with van der Waals surface area (Å²) >= 11 is 1.77. The number of rotatable bonds is 3. The molecule has 62 valence electrons. The van der Waals surface area contributed by atoms with E-state index in [-0.39, 0.29) is 0 Å². The molecule has 0 amide bonds. The summed E-state index contributed by atoms with van der Waals surface area (Å²) in [7, 11) is 0. The van der Waals surface area contributed by atoms with Gasteiger partial charge in [0.25, 0.3) is 0 Å². The van der Waals surface area contributed by atoms with Crippen LogP contribution in [0, 0.1) is 0 Å². The van der Waals surface area contributed by atoms with Crippen LogP contribution in [0.4, 0.5) is 0 Å². The van der Waals surface area contributed by atoms with E-state index in [9.17, 15) is 0 Å². The highest BCUT2D eigenvalue weighted by molar-refractivity contribution is 7.10. The average molecular weight is 170 g/mol. The number of ether oxygens (including phenoxy) is 1. The molecule has 0 radical (unpaired) electrons. The van der Waals surface area contributed by atoms with Gasteiger partial charge in [0.05, 0.1) is 6.61 Å². The minimum Gasteiger partial charge on any atom is -0.493 e. The molecule has 0 aliphatic carbocycles. The predicted molar refractivity (Wildman–Crippen MR) is 49.6 cm³/mol. The van der Waals surface area contributed by atoms with Gasteiger partial charge in [-0.25, -0.2) is 0 Å². The molecule has 1 rings (SSSR count). The largest absolute Gasteiger partial charge is 0.493 e. The van der Waals surface area contributed by atoms with Crippen molar-refractivity contribution in [2.75, 3.05) is 6.61 Å². The van der Waals surface area contributed by atoms with Gasteiger partial charge in [0.1, 0.15) is 5.75 Å². The van der Waals surface area contributed by atoms with E-state index >= 15 is 0 Å². The van der Waals surface area contributed by atoms with Crippen molar-refractivity contribution in [1.29, 1.82) is 0 Å². The van der Waals surface area contributed by atoms with E-state index in [0.717, 1.165) is 12.4 Å². The molecule has 11 heavy (non-hydrogen) atoms. The highest BCUT2D eigenvalue weighted by Crippen LogP contribution is 2.31. The van der Waals surface area contributed by atoms with E-state index in [1.807, 2.05) is 13.0 Å². The zero-order valence-corrected chi connectivity index (χ0v) is 8.07. The lowest BCUT2D eigenvalue weighted by Gasteiger charge is -2.06. The summed E-state index contributed by atoms with van der Waals surface area (Å²) in [5, 5.41) is 2.08. The van der Waals surface area contributed by atoms with Crippen molar-refractivity contribution in [3.05, 3.63) is 16.3 Å². The van der Waals surface area contributed by atoms with Gasteiger partial charge < -0.3 is 4.74 Å². The molecule has 0 fully saturated rings. The van der Waals surface area contributed by atoms with Crippen molar-refractivity contribution in [2.24, 2.45) is 0 Å². The lowest BCUT2D eigenvalue weighted by molar-refractivity contribution is 0.337. The Morgan fingerprint density at radius 3 is 2.82 bits per heavy atom. The highest BCUT2D eigenvalue weighted by atomic mass is 32.1. The van der Waals surface area contributed by atoms with E-state index in [1.54, 1.807) is 11.3 Å². The molecule has 0 spiro atoms. The van der Waals surface area contributed by atoms with Gasteiger partial charge in [-0.3, -0.25) is 0 Å². The van der Waals surface area contributed by atoms with Gasteiger partial charge in [-0.1, -0.05) is 13.8 Å². The Kier molecular flexibility index (Phi) is 2.94. The normalized spacial score (nSPS) is 10.5. The van der Waals surface area contributed by atoms with Crippen LogP contribution in [0.1, 0.15) is 31.6 Å². The van der Waals surface area contributed by atoms with Crippen molar-refractivity contribution >= 4 is 11.3 Å². The molecule has 1 aromatic heterocycles. The minimum atomic E-state index is 0.580. The first-order chi connectivity index (χ1) is 5.25. The molecule has 0 saturated carbocycles. The van der Waals surface area contributed by atoms with E-state index in [4.69, 9.17) is 4.74 Å². The summed E-state index contributed by atoms with van der Waals surface area (Å²) in [6, 6.07) is 2.05. The molecule has 0 saturated heterocycles. The molecule has 2 heteroatoms. The maximum Gasteiger partial charge on any atom is 0.133 e. The van der Waals surface area contributed by atoms with Crippen LogP contribution in [0.15, 0.2) is 11.4 Å². The zero-order chi connectivity index (χ0) is 8.27. The molecule has 0 N–H and O–H groups in total. The molecule has 1 aromatic rings. The summed E-state index contributed by atoms with van der Waals surface area (Å²) in [6.07, 6.45) is 0. The third-order valence-corrected chi connectivity index (χ3v) is 2.68. The van der Waals surface area contributed by atoms with E-state index in [1.165, 1.54) is 4.88 Å². The van der Waals surface area contributed by atoms with E-state index in [2.05, 4.69) is 19.2 Å². The molecular weight excluding hydrogens is 156 g/mol. The molecule has 0 atom stereocenters. The Bertz CT molecular complexity index is 215. The van der Waals surface area contributed by atoms with Crippen LogP contribution in [0.5, 0.6) is 5.75 Å². The van der Waals surface area contributed by atoms with Gasteiger partial charge in [0, 0.05) is 4.88 Å². The smallest absolute Gasteiger partial charge is 0.133 e. The fraction of sp³-hybridized carbons (Fsp3) is 0.556. The topological polar surface area (TPSA) is 9.23 Å². The quantitative estimate of drug-likeness (QED) is 0.676. The fourth-order valence-corrected chi connectivity index (χ4v) is 1.86. The van der Waals surface area contributed by atoms with Gasteiger partial charge in [-0.05, 0) is 24.3 Å². The molecular formula is C9H14OS. The van der Waals surface area contributed by atoms with E-state index < -0.39 is 0 Å². The Morgan fingerprint density at radius 2 is 2.27 bits per heavy atom. The second kappa shape index (κ2) is 3.77. The fourth-order valence-electron chi connectivity index (χ4n) is 1.00. The Labute approximate surface area is 72.0 Å². The number of hydrogen-bond donors (Lipinski definition) is 0. The second-order valence-electron chi connectivity index (χ2n) is 2.74. The number of thiophene rings is 1. The third kappa shape index (κ3) is 1.96. The van der Waals surface area contributed by atoms with Gasteiger partial charge in [-0.15, -0.1) is 11.3 Å². The van der Waals surface area contributed by atoms with Gasteiger partial charge in [-0.2, -0.15) is 0 Å². The zero-order valence-electron chi connectivity index (χ0n) is 7.26. The lowest BCUT2D eigenvalue weighted by atomic mass is 10.2. The Morgan fingerprint density at radius 1 is 1.55 bits per heavy atom. The number of hydrogen-bond acceptors (Lipinski definition) is 2. The van der Waals surface area contributed by atoms with Crippen molar-refractivity contribution in [3.8, 4) is 5.75 Å². The SMILES string of the molecule is CCOc1ccsc1C(C)C. The summed E-state index contributed by atoms with van der Waals surface area (Å²) in [5.74, 6) is 1.64. The molecule has 0 aliphatic rings. The van der Waals surface area contributed by atoms with Crippen LogP contribution in [0.2, 0.25) is 0 Å². The Balaban J connectivity index is 2.78. The molecule has 0 aliphatic heterocycles. The Hall–Kier alpha value is -0.500. The van der Waals surface area contributed by atoms with Crippen LogP contribution < -0.4 is 4.74 Å². The van der Waals surface area contributed by atoms with E-state index in [0.29, 0.717) is 5.92 Å². The second-order valence-corrected chi connectivity index (χ2v) is 3.68. The van der Waals surface area contributed by atoms with Crippen molar-refractivity contribution in [2.45, 2.75) is 26.7 Å². The first-order valence-electron chi connectivity index (χ1n) is 3.96. The molecule has 1 heterocycles. The van der Waals surface area contributed by atoms with Gasteiger partial charge >= 0.3 is 0 Å². The predicted octanol–water partition coefficient (Wildman–Crippen LogP) is 3.27. The third-order valence-electron chi connectivity index (χ3n) is 1.48. The van der Waals surface area contributed by atoms with Crippen LogP contribution in [0.25, 0.3) is 0 Å². The van der Waals surface area contributed by atoms with Crippen LogP contribution in [-0.2, 0) is 0 Å². The minimum absolute atomic E-state index is 0.580. The van der Waals surface area contributed by atoms with Gasteiger partial charge in [0.2, 0.25) is 0 Å². The van der Waals surface area contributed by atoms with Gasteiger partial charge in [0.15, 0.2) is 0 Å². The first-order valence-corrected chi connectivity index (χ1v) is 4.83. The maximum atomic E-state index is 5.45. The summed E-state index contributed by atoms with van der Waals surface area (Å²) < 4.78 is 5.45. The highest BCUT2D eigenvalue weighted by Gasteiger charge is 2.07. The van der Waals surface area contributed by atoms with Crippen LogP contribution >= 0.6 is 11.3 Å². The first kappa shape index (κ1) is 8.60. The monoisotopic (exact) mass is 170 g/mol. The molecule has 0 unspecified atom stereocenters. The average Bonchev–Trinajstić information content (AvgIpc) is 2.36. The molecule has 0 bridgehead atoms. The van der Waals surface area contributed by atoms with Crippen molar-refractivity contribution < 1.29 is 4.74 Å². The summed E-state index contributed by atoms with van der Waals surface area (Å²) in [5.41, 5.74) is 0. The molecule has 1 nitrogen and oxygen atoms in total. The van der Waals surface area contributed by atoms with Crippen LogP contribution in [0.3, 0.4) is 0 Å². The standard InChI is InChI=1S/C9H14OS/c1-4-10-8-5-6-11-9(8)7(2)3/h5-7H,4H2,1-3H3. The van der Waals surface area contributed by atoms with Crippen LogP contribution in [-0.4, -0.2) is 6.61 Å². The molecule has 0 aromatic carbocycles. The van der Waals surface area contributed by atoms with Crippen molar-refractivity contribution in [1.82, 2.24) is 0 Å². The maximum absolute atomic E-state index is 5.45. The summed E-state index contributed by atoms with van der Waals surface area (Å²) in [4.78, 5) is 1.35. The van der Waals surface area contributed by atoms with Crippen molar-refractivity contribution in [3.63, 3.8) is 0 Å².